The predicted molar refractivity (Wildman–Crippen MR) is 128 cm³/mol. The number of benzene rings is 2. The molecule has 1 unspecified atom stereocenters. The molecule has 0 spiro atoms. The lowest BCUT2D eigenvalue weighted by Gasteiger charge is -2.36. The number of aromatic nitrogens is 1. The predicted octanol–water partition coefficient (Wildman–Crippen LogP) is 6.33. The van der Waals surface area contributed by atoms with Crippen molar-refractivity contribution in [2.75, 3.05) is 13.1 Å². The Balaban J connectivity index is 1.42. The highest BCUT2D eigenvalue weighted by molar-refractivity contribution is 6.31. The van der Waals surface area contributed by atoms with Crippen LogP contribution in [0.2, 0.25) is 5.02 Å². The molecule has 170 valence electrons. The molecule has 3 aromatic rings. The first-order valence-corrected chi connectivity index (χ1v) is 12.0. The van der Waals surface area contributed by atoms with Crippen LogP contribution in [0.15, 0.2) is 60.8 Å². The molecular weight excluding hydrogens is 439 g/mol. The highest BCUT2D eigenvalue weighted by Crippen LogP contribution is 2.33. The molecule has 0 bridgehead atoms. The van der Waals surface area contributed by atoms with E-state index in [-0.39, 0.29) is 11.5 Å². The van der Waals surface area contributed by atoms with Gasteiger partial charge in [-0.1, -0.05) is 35.9 Å². The van der Waals surface area contributed by atoms with Crippen LogP contribution in [0.4, 0.5) is 4.39 Å². The molecule has 1 amide bonds. The number of fused-ring (bicyclic) bond motifs is 1. The number of halogens is 2. The zero-order chi connectivity index (χ0) is 22.9. The van der Waals surface area contributed by atoms with E-state index in [1.54, 1.807) is 30.5 Å². The van der Waals surface area contributed by atoms with E-state index in [0.717, 1.165) is 12.8 Å². The second-order valence-corrected chi connectivity index (χ2v) is 9.48. The molecule has 1 aliphatic carbocycles. The van der Waals surface area contributed by atoms with Crippen LogP contribution in [-0.2, 0) is 0 Å². The van der Waals surface area contributed by atoms with Gasteiger partial charge in [-0.3, -0.25) is 14.2 Å². The third-order valence-electron chi connectivity index (χ3n) is 7.01. The Morgan fingerprint density at radius 1 is 1.00 bits per heavy atom. The summed E-state index contributed by atoms with van der Waals surface area (Å²) in [7, 11) is 0. The molecule has 0 N–H and O–H groups in total. The van der Waals surface area contributed by atoms with Gasteiger partial charge in [0, 0.05) is 35.3 Å². The Hall–Kier alpha value is -2.92. The Kier molecular flexibility index (Phi) is 6.07. The van der Waals surface area contributed by atoms with Crippen molar-refractivity contribution in [3.05, 3.63) is 82.8 Å². The summed E-state index contributed by atoms with van der Waals surface area (Å²) in [4.78, 5) is 28.6. The van der Waals surface area contributed by atoms with Crippen molar-refractivity contribution >= 4 is 34.3 Å². The number of allylic oxidation sites excluding steroid dienone is 2. The molecule has 6 heteroatoms. The van der Waals surface area contributed by atoms with Gasteiger partial charge in [0.15, 0.2) is 0 Å². The molecule has 2 heterocycles. The summed E-state index contributed by atoms with van der Waals surface area (Å²) in [6, 6.07) is 10.7. The first-order valence-electron chi connectivity index (χ1n) is 11.6. The van der Waals surface area contributed by atoms with Gasteiger partial charge in [0.2, 0.25) is 0 Å². The van der Waals surface area contributed by atoms with Gasteiger partial charge >= 0.3 is 0 Å². The average molecular weight is 465 g/mol. The van der Waals surface area contributed by atoms with Crippen molar-refractivity contribution in [3.63, 3.8) is 0 Å². The van der Waals surface area contributed by atoms with Crippen LogP contribution >= 0.6 is 11.6 Å². The van der Waals surface area contributed by atoms with Crippen LogP contribution in [0.1, 0.15) is 52.8 Å². The Morgan fingerprint density at radius 2 is 1.82 bits per heavy atom. The van der Waals surface area contributed by atoms with Gasteiger partial charge in [0.1, 0.15) is 5.82 Å². The van der Waals surface area contributed by atoms with E-state index in [9.17, 15) is 14.0 Å². The number of carbonyl (C=O) groups excluding carboxylic acids is 2. The van der Waals surface area contributed by atoms with Crippen LogP contribution in [0, 0.1) is 17.7 Å². The molecule has 5 rings (SSSR count). The van der Waals surface area contributed by atoms with Crippen molar-refractivity contribution < 1.29 is 14.0 Å². The number of likely N-dealkylation sites (tertiary alicyclic amines) is 1. The van der Waals surface area contributed by atoms with Gasteiger partial charge < -0.3 is 4.90 Å². The van der Waals surface area contributed by atoms with E-state index in [1.807, 2.05) is 4.90 Å². The SMILES string of the molecule is O=C(c1cn(C(=O)c2cccc(F)c2)c2cc(Cl)ccc12)N1CCC(C2C=CCCC2)CC1. The lowest BCUT2D eigenvalue weighted by atomic mass is 9.79. The summed E-state index contributed by atoms with van der Waals surface area (Å²) in [5.74, 6) is 0.293. The van der Waals surface area contributed by atoms with Crippen molar-refractivity contribution in [2.45, 2.75) is 32.1 Å². The number of hydrogen-bond donors (Lipinski definition) is 0. The van der Waals surface area contributed by atoms with Crippen LogP contribution < -0.4 is 0 Å². The van der Waals surface area contributed by atoms with E-state index < -0.39 is 11.7 Å². The van der Waals surface area contributed by atoms with Gasteiger partial charge in [-0.2, -0.15) is 0 Å². The molecule has 4 nitrogen and oxygen atoms in total. The first kappa shape index (κ1) is 21.9. The van der Waals surface area contributed by atoms with Crippen LogP contribution in [-0.4, -0.2) is 34.4 Å². The Bertz CT molecular complexity index is 1240. The summed E-state index contributed by atoms with van der Waals surface area (Å²) >= 11 is 6.21. The third-order valence-corrected chi connectivity index (χ3v) is 7.25. The summed E-state index contributed by atoms with van der Waals surface area (Å²) in [5, 5.41) is 1.14. The second kappa shape index (κ2) is 9.14. The number of rotatable bonds is 3. The molecule has 1 fully saturated rings. The van der Waals surface area contributed by atoms with Gasteiger partial charge in [-0.05, 0) is 74.3 Å². The quantitative estimate of drug-likeness (QED) is 0.425. The lowest BCUT2D eigenvalue weighted by Crippen LogP contribution is -2.40. The summed E-state index contributed by atoms with van der Waals surface area (Å²) in [6.45, 7) is 1.43. The maximum atomic E-state index is 13.7. The third kappa shape index (κ3) is 4.34. The van der Waals surface area contributed by atoms with Crippen molar-refractivity contribution in [3.8, 4) is 0 Å². The van der Waals surface area contributed by atoms with Crippen molar-refractivity contribution in [1.29, 1.82) is 0 Å². The van der Waals surface area contributed by atoms with E-state index >= 15 is 0 Å². The number of amides is 1. The molecular formula is C27H26ClFN2O2. The smallest absolute Gasteiger partial charge is 0.262 e. The molecule has 0 saturated carbocycles. The number of hydrogen-bond acceptors (Lipinski definition) is 2. The maximum Gasteiger partial charge on any atom is 0.262 e. The van der Waals surface area contributed by atoms with Crippen molar-refractivity contribution in [1.82, 2.24) is 9.47 Å². The highest BCUT2D eigenvalue weighted by atomic mass is 35.5. The molecule has 1 aromatic heterocycles. The maximum absolute atomic E-state index is 13.7. The normalized spacial score (nSPS) is 19.2. The first-order chi connectivity index (χ1) is 16.0. The molecule has 33 heavy (non-hydrogen) atoms. The van der Waals surface area contributed by atoms with E-state index in [2.05, 4.69) is 12.2 Å². The monoisotopic (exact) mass is 464 g/mol. The molecule has 1 atom stereocenters. The molecule has 1 aliphatic heterocycles. The van der Waals surface area contributed by atoms with Gasteiger partial charge in [0.25, 0.3) is 11.8 Å². The standard InChI is InChI=1S/C27H26ClFN2O2/c28-21-9-10-23-24(17-31(25(23)16-21)26(32)20-7-4-8-22(29)15-20)27(33)30-13-11-19(12-14-30)18-5-2-1-3-6-18/h2,4-5,7-10,15-19H,1,3,6,11-14H2. The van der Waals surface area contributed by atoms with E-state index in [1.165, 1.54) is 42.0 Å². The Morgan fingerprint density at radius 3 is 2.55 bits per heavy atom. The zero-order valence-corrected chi connectivity index (χ0v) is 19.1. The fraction of sp³-hybridized carbons (Fsp3) is 0.333. The summed E-state index contributed by atoms with van der Waals surface area (Å²) < 4.78 is 15.1. The van der Waals surface area contributed by atoms with E-state index in [0.29, 0.717) is 46.4 Å². The zero-order valence-electron chi connectivity index (χ0n) is 18.3. The average Bonchev–Trinajstić information content (AvgIpc) is 3.22. The van der Waals surface area contributed by atoms with Gasteiger partial charge in [-0.15, -0.1) is 0 Å². The summed E-state index contributed by atoms with van der Waals surface area (Å²) in [6.07, 6.45) is 11.9. The van der Waals surface area contributed by atoms with Crippen molar-refractivity contribution in [2.24, 2.45) is 11.8 Å². The lowest BCUT2D eigenvalue weighted by molar-refractivity contribution is 0.0668. The van der Waals surface area contributed by atoms with E-state index in [4.69, 9.17) is 11.6 Å². The number of nitrogens with zero attached hydrogens (tertiary/aromatic N) is 2. The van der Waals surface area contributed by atoms with Gasteiger partial charge in [0.05, 0.1) is 11.1 Å². The van der Waals surface area contributed by atoms with Crippen LogP contribution in [0.25, 0.3) is 10.9 Å². The Labute approximate surface area is 197 Å². The van der Waals surface area contributed by atoms with Gasteiger partial charge in [-0.25, -0.2) is 4.39 Å². The minimum Gasteiger partial charge on any atom is -0.339 e. The van der Waals surface area contributed by atoms with Crippen LogP contribution in [0.3, 0.4) is 0 Å². The molecule has 2 aromatic carbocycles. The minimum atomic E-state index is -0.484. The molecule has 0 radical (unpaired) electrons. The fourth-order valence-corrected chi connectivity index (χ4v) is 5.40. The highest BCUT2D eigenvalue weighted by Gasteiger charge is 2.30. The summed E-state index contributed by atoms with van der Waals surface area (Å²) in [5.41, 5.74) is 1.23. The fourth-order valence-electron chi connectivity index (χ4n) is 5.23. The number of carbonyl (C=O) groups is 2. The minimum absolute atomic E-state index is 0.0780. The number of piperidine rings is 1. The molecule has 1 saturated heterocycles. The van der Waals surface area contributed by atoms with Crippen LogP contribution in [0.5, 0.6) is 0 Å². The topological polar surface area (TPSA) is 42.3 Å². The second-order valence-electron chi connectivity index (χ2n) is 9.04. The largest absolute Gasteiger partial charge is 0.339 e. The molecule has 2 aliphatic rings.